The van der Waals surface area contributed by atoms with Crippen molar-refractivity contribution < 1.29 is 4.39 Å². The first-order chi connectivity index (χ1) is 6.94. The molecule has 0 aliphatic heterocycles. The molecule has 0 saturated carbocycles. The molecule has 1 N–H and O–H groups in total. The zero-order valence-corrected chi connectivity index (χ0v) is 10.5. The van der Waals surface area contributed by atoms with E-state index in [1.54, 1.807) is 11.8 Å². The minimum atomic E-state index is -0.417. The van der Waals surface area contributed by atoms with Crippen LogP contribution in [0.25, 0.3) is 0 Å². The Morgan fingerprint density at radius 3 is 2.80 bits per heavy atom. The van der Waals surface area contributed by atoms with Crippen molar-refractivity contribution in [3.8, 4) is 0 Å². The van der Waals surface area contributed by atoms with Gasteiger partial charge in [-0.2, -0.15) is 11.8 Å². The number of hydrogen-bond acceptors (Lipinski definition) is 3. The maximum absolute atomic E-state index is 13.3. The van der Waals surface area contributed by atoms with Crippen LogP contribution in [0.15, 0.2) is 12.3 Å². The molecule has 0 radical (unpaired) electrons. The Morgan fingerprint density at radius 1 is 1.60 bits per heavy atom. The lowest BCUT2D eigenvalue weighted by atomic mass is 10.2. The molecular weight excluding hydrogens is 235 g/mol. The van der Waals surface area contributed by atoms with E-state index >= 15 is 0 Å². The molecule has 84 valence electrons. The van der Waals surface area contributed by atoms with Crippen LogP contribution in [-0.4, -0.2) is 22.5 Å². The van der Waals surface area contributed by atoms with E-state index < -0.39 is 5.82 Å². The van der Waals surface area contributed by atoms with Crippen LogP contribution in [0.2, 0.25) is 5.02 Å². The maximum atomic E-state index is 13.3. The molecule has 0 unspecified atom stereocenters. The number of rotatable bonds is 4. The lowest BCUT2D eigenvalue weighted by Gasteiger charge is -2.22. The van der Waals surface area contributed by atoms with Gasteiger partial charge in [-0.25, -0.2) is 9.37 Å². The van der Waals surface area contributed by atoms with Crippen LogP contribution < -0.4 is 5.32 Å². The van der Waals surface area contributed by atoms with Crippen molar-refractivity contribution in [1.29, 1.82) is 0 Å². The summed E-state index contributed by atoms with van der Waals surface area (Å²) in [6, 6.07) is 1.25. The molecule has 0 aromatic carbocycles. The standard InChI is InChI=1S/C10H14ClFN2S/c1-10(2,15-3)6-14-9-8(12)4-7(11)5-13-9/h4-5H,6H2,1-3H3,(H,13,14). The fourth-order valence-corrected chi connectivity index (χ4v) is 1.27. The fraction of sp³-hybridized carbons (Fsp3) is 0.500. The number of halogens is 2. The van der Waals surface area contributed by atoms with Crippen LogP contribution >= 0.6 is 23.4 Å². The van der Waals surface area contributed by atoms with Crippen molar-refractivity contribution in [1.82, 2.24) is 4.98 Å². The zero-order valence-electron chi connectivity index (χ0n) is 8.97. The molecule has 0 aliphatic carbocycles. The third-order valence-corrected chi connectivity index (χ3v) is 3.50. The smallest absolute Gasteiger partial charge is 0.166 e. The second-order valence-corrected chi connectivity index (χ2v) is 5.75. The van der Waals surface area contributed by atoms with Crippen LogP contribution in [0.4, 0.5) is 10.2 Å². The molecule has 0 fully saturated rings. The topological polar surface area (TPSA) is 24.9 Å². The molecule has 0 saturated heterocycles. The number of nitrogens with zero attached hydrogens (tertiary/aromatic N) is 1. The summed E-state index contributed by atoms with van der Waals surface area (Å²) < 4.78 is 13.4. The van der Waals surface area contributed by atoms with Gasteiger partial charge in [0.15, 0.2) is 11.6 Å². The fourth-order valence-electron chi connectivity index (χ4n) is 0.913. The summed E-state index contributed by atoms with van der Waals surface area (Å²) in [5.41, 5.74) is 0. The molecule has 5 heteroatoms. The minimum absolute atomic E-state index is 0.0494. The number of nitrogens with one attached hydrogen (secondary N) is 1. The first kappa shape index (κ1) is 12.6. The van der Waals surface area contributed by atoms with Crippen molar-refractivity contribution in [2.75, 3.05) is 18.1 Å². The SMILES string of the molecule is CSC(C)(C)CNc1ncc(Cl)cc1F. The quantitative estimate of drug-likeness (QED) is 0.884. The Labute approximate surface area is 98.6 Å². The van der Waals surface area contributed by atoms with Crippen molar-refractivity contribution >= 4 is 29.2 Å². The lowest BCUT2D eigenvalue weighted by molar-refractivity contribution is 0.621. The summed E-state index contributed by atoms with van der Waals surface area (Å²) in [7, 11) is 0. The molecule has 1 aromatic heterocycles. The van der Waals surface area contributed by atoms with E-state index in [0.29, 0.717) is 11.6 Å². The third kappa shape index (κ3) is 3.87. The van der Waals surface area contributed by atoms with Crippen molar-refractivity contribution in [3.63, 3.8) is 0 Å². The van der Waals surface area contributed by atoms with E-state index in [-0.39, 0.29) is 10.6 Å². The number of anilines is 1. The summed E-state index contributed by atoms with van der Waals surface area (Å²) in [5.74, 6) is -0.166. The molecule has 15 heavy (non-hydrogen) atoms. The second kappa shape index (κ2) is 5.03. The molecule has 0 aliphatic rings. The number of thioether (sulfide) groups is 1. The van der Waals surface area contributed by atoms with Crippen molar-refractivity contribution in [3.05, 3.63) is 23.1 Å². The Bertz CT molecular complexity index is 344. The van der Waals surface area contributed by atoms with Gasteiger partial charge in [0.25, 0.3) is 0 Å². The normalized spacial score (nSPS) is 11.5. The highest BCUT2D eigenvalue weighted by atomic mass is 35.5. The highest BCUT2D eigenvalue weighted by Gasteiger charge is 2.16. The van der Waals surface area contributed by atoms with Crippen molar-refractivity contribution in [2.45, 2.75) is 18.6 Å². The number of hydrogen-bond donors (Lipinski definition) is 1. The highest BCUT2D eigenvalue weighted by molar-refractivity contribution is 7.99. The summed E-state index contributed by atoms with van der Waals surface area (Å²) in [6.45, 7) is 4.82. The molecule has 1 heterocycles. The molecule has 0 atom stereocenters. The van der Waals surface area contributed by atoms with Crippen LogP contribution in [0, 0.1) is 5.82 Å². The number of aromatic nitrogens is 1. The summed E-state index contributed by atoms with van der Waals surface area (Å²) in [4.78, 5) is 3.89. The van der Waals surface area contributed by atoms with Gasteiger partial charge < -0.3 is 5.32 Å². The van der Waals surface area contributed by atoms with Crippen LogP contribution in [-0.2, 0) is 0 Å². The van der Waals surface area contributed by atoms with Gasteiger partial charge in [0.1, 0.15) is 0 Å². The molecule has 0 spiro atoms. The van der Waals surface area contributed by atoms with Gasteiger partial charge in [-0.05, 0) is 26.2 Å². The van der Waals surface area contributed by atoms with Gasteiger partial charge in [0.05, 0.1) is 5.02 Å². The lowest BCUT2D eigenvalue weighted by Crippen LogP contribution is -2.26. The largest absolute Gasteiger partial charge is 0.366 e. The Balaban J connectivity index is 2.66. The Hall–Kier alpha value is -0.480. The Morgan fingerprint density at radius 2 is 2.27 bits per heavy atom. The van der Waals surface area contributed by atoms with E-state index in [9.17, 15) is 4.39 Å². The molecule has 0 bridgehead atoms. The molecule has 1 rings (SSSR count). The third-order valence-electron chi connectivity index (χ3n) is 2.04. The predicted molar refractivity (Wildman–Crippen MR) is 65.3 cm³/mol. The average Bonchev–Trinajstić information content (AvgIpc) is 2.16. The van der Waals surface area contributed by atoms with Crippen LogP contribution in [0.1, 0.15) is 13.8 Å². The van der Waals surface area contributed by atoms with Gasteiger partial charge in [0, 0.05) is 17.5 Å². The number of pyridine rings is 1. The molecular formula is C10H14ClFN2S. The van der Waals surface area contributed by atoms with Gasteiger partial charge in [-0.1, -0.05) is 11.6 Å². The summed E-state index contributed by atoms with van der Waals surface area (Å²) >= 11 is 7.32. The second-order valence-electron chi connectivity index (χ2n) is 3.80. The van der Waals surface area contributed by atoms with Gasteiger partial charge in [-0.3, -0.25) is 0 Å². The maximum Gasteiger partial charge on any atom is 0.166 e. The van der Waals surface area contributed by atoms with E-state index in [1.165, 1.54) is 12.3 Å². The first-order valence-corrected chi connectivity index (χ1v) is 6.15. The van der Waals surface area contributed by atoms with Gasteiger partial charge >= 0.3 is 0 Å². The first-order valence-electron chi connectivity index (χ1n) is 4.55. The predicted octanol–water partition coefficient (Wildman–Crippen LogP) is 3.43. The zero-order chi connectivity index (χ0) is 11.5. The van der Waals surface area contributed by atoms with Crippen LogP contribution in [0.3, 0.4) is 0 Å². The average molecular weight is 249 g/mol. The van der Waals surface area contributed by atoms with E-state index in [4.69, 9.17) is 11.6 Å². The van der Waals surface area contributed by atoms with Crippen molar-refractivity contribution in [2.24, 2.45) is 0 Å². The minimum Gasteiger partial charge on any atom is -0.366 e. The van der Waals surface area contributed by atoms with Crippen LogP contribution in [0.5, 0.6) is 0 Å². The highest BCUT2D eigenvalue weighted by Crippen LogP contribution is 2.22. The molecule has 1 aromatic rings. The Kier molecular flexibility index (Phi) is 4.22. The summed E-state index contributed by atoms with van der Waals surface area (Å²) in [6.07, 6.45) is 3.45. The van der Waals surface area contributed by atoms with E-state index in [1.807, 2.05) is 6.26 Å². The summed E-state index contributed by atoms with van der Waals surface area (Å²) in [5, 5.41) is 3.27. The monoisotopic (exact) mass is 248 g/mol. The molecule has 2 nitrogen and oxygen atoms in total. The van der Waals surface area contributed by atoms with E-state index in [2.05, 4.69) is 24.1 Å². The van der Waals surface area contributed by atoms with Gasteiger partial charge in [-0.15, -0.1) is 0 Å². The van der Waals surface area contributed by atoms with E-state index in [0.717, 1.165) is 0 Å². The van der Waals surface area contributed by atoms with Gasteiger partial charge in [0.2, 0.25) is 0 Å². The molecule has 0 amide bonds.